The molecular weight excluding hydrogens is 227 g/mol. The molecule has 0 fully saturated rings. The Kier molecular flexibility index (Phi) is 2.49. The Balaban J connectivity index is 2.31. The summed E-state index contributed by atoms with van der Waals surface area (Å²) in [6, 6.07) is 17.9. The summed E-state index contributed by atoms with van der Waals surface area (Å²) in [7, 11) is 0. The minimum absolute atomic E-state index is 0.0588. The number of halogens is 1. The molecule has 1 nitrogen and oxygen atoms in total. The third-order valence-corrected chi connectivity index (χ3v) is 3.03. The lowest BCUT2D eigenvalue weighted by Gasteiger charge is -2.08. The number of hydrogen-bond acceptors (Lipinski definition) is 1. The van der Waals surface area contributed by atoms with Gasteiger partial charge in [0.05, 0.1) is 0 Å². The summed E-state index contributed by atoms with van der Waals surface area (Å²) in [6.07, 6.45) is 0. The number of fused-ring (bicyclic) bond motifs is 1. The van der Waals surface area contributed by atoms with Crippen LogP contribution in [0.4, 0.5) is 4.39 Å². The van der Waals surface area contributed by atoms with Crippen LogP contribution in [0.5, 0.6) is 5.75 Å². The van der Waals surface area contributed by atoms with E-state index in [-0.39, 0.29) is 5.75 Å². The van der Waals surface area contributed by atoms with Crippen molar-refractivity contribution in [1.82, 2.24) is 0 Å². The predicted octanol–water partition coefficient (Wildman–Crippen LogP) is 4.35. The molecule has 0 bridgehead atoms. The SMILES string of the molecule is Oc1ccc(-c2cccc3ccccc23)c(F)c1. The maximum Gasteiger partial charge on any atom is 0.134 e. The van der Waals surface area contributed by atoms with Crippen LogP contribution in [0.25, 0.3) is 21.9 Å². The van der Waals surface area contributed by atoms with Crippen LogP contribution >= 0.6 is 0 Å². The van der Waals surface area contributed by atoms with Crippen molar-refractivity contribution < 1.29 is 9.50 Å². The van der Waals surface area contributed by atoms with Gasteiger partial charge in [0.2, 0.25) is 0 Å². The van der Waals surface area contributed by atoms with E-state index in [1.807, 2.05) is 42.5 Å². The van der Waals surface area contributed by atoms with E-state index < -0.39 is 5.82 Å². The fourth-order valence-corrected chi connectivity index (χ4v) is 2.18. The largest absolute Gasteiger partial charge is 0.508 e. The van der Waals surface area contributed by atoms with Gasteiger partial charge in [-0.2, -0.15) is 0 Å². The van der Waals surface area contributed by atoms with Gasteiger partial charge in [-0.1, -0.05) is 42.5 Å². The van der Waals surface area contributed by atoms with Crippen molar-refractivity contribution in [1.29, 1.82) is 0 Å². The molecule has 2 heteroatoms. The molecule has 0 saturated carbocycles. The Morgan fingerprint density at radius 2 is 1.56 bits per heavy atom. The summed E-state index contributed by atoms with van der Waals surface area (Å²) in [4.78, 5) is 0. The molecular formula is C16H11FO. The van der Waals surface area contributed by atoms with Crippen molar-refractivity contribution in [3.63, 3.8) is 0 Å². The van der Waals surface area contributed by atoms with Crippen molar-refractivity contribution in [3.8, 4) is 16.9 Å². The van der Waals surface area contributed by atoms with Gasteiger partial charge in [-0.05, 0) is 28.5 Å². The van der Waals surface area contributed by atoms with Gasteiger partial charge in [0, 0.05) is 11.6 Å². The standard InChI is InChI=1S/C16H11FO/c17-16-10-12(18)8-9-15(16)14-7-3-5-11-4-1-2-6-13(11)14/h1-10,18H. The topological polar surface area (TPSA) is 20.2 Å². The maximum atomic E-state index is 13.9. The molecule has 0 aliphatic heterocycles. The van der Waals surface area contributed by atoms with Crippen molar-refractivity contribution >= 4 is 10.8 Å². The van der Waals surface area contributed by atoms with E-state index in [0.717, 1.165) is 22.4 Å². The van der Waals surface area contributed by atoms with Gasteiger partial charge in [-0.15, -0.1) is 0 Å². The smallest absolute Gasteiger partial charge is 0.134 e. The lowest BCUT2D eigenvalue weighted by atomic mass is 9.98. The molecule has 88 valence electrons. The summed E-state index contributed by atoms with van der Waals surface area (Å²) in [5.74, 6) is -0.470. The second-order valence-corrected chi connectivity index (χ2v) is 4.19. The van der Waals surface area contributed by atoms with Crippen LogP contribution in [0, 0.1) is 5.82 Å². The van der Waals surface area contributed by atoms with E-state index >= 15 is 0 Å². The van der Waals surface area contributed by atoms with Gasteiger partial charge in [0.15, 0.2) is 0 Å². The molecule has 0 radical (unpaired) electrons. The second-order valence-electron chi connectivity index (χ2n) is 4.19. The second kappa shape index (κ2) is 4.15. The highest BCUT2D eigenvalue weighted by Gasteiger charge is 2.08. The molecule has 0 saturated heterocycles. The van der Waals surface area contributed by atoms with Crippen molar-refractivity contribution in [2.45, 2.75) is 0 Å². The summed E-state index contributed by atoms with van der Waals surface area (Å²) in [5, 5.41) is 11.3. The Morgan fingerprint density at radius 1 is 0.778 bits per heavy atom. The Labute approximate surface area is 104 Å². The van der Waals surface area contributed by atoms with E-state index in [1.54, 1.807) is 6.07 Å². The molecule has 0 atom stereocenters. The van der Waals surface area contributed by atoms with Gasteiger partial charge in [-0.25, -0.2) is 4.39 Å². The van der Waals surface area contributed by atoms with Crippen molar-refractivity contribution in [3.05, 3.63) is 66.5 Å². The van der Waals surface area contributed by atoms with Crippen LogP contribution < -0.4 is 0 Å². The zero-order valence-corrected chi connectivity index (χ0v) is 9.60. The van der Waals surface area contributed by atoms with Crippen LogP contribution in [-0.4, -0.2) is 5.11 Å². The molecule has 0 spiro atoms. The molecule has 0 heterocycles. The van der Waals surface area contributed by atoms with Gasteiger partial charge in [0.1, 0.15) is 11.6 Å². The first kappa shape index (κ1) is 10.8. The summed E-state index contributed by atoms with van der Waals surface area (Å²) < 4.78 is 13.9. The first-order valence-electron chi connectivity index (χ1n) is 5.72. The van der Waals surface area contributed by atoms with Crippen LogP contribution in [0.15, 0.2) is 60.7 Å². The summed E-state index contributed by atoms with van der Waals surface area (Å²) in [6.45, 7) is 0. The highest BCUT2D eigenvalue weighted by atomic mass is 19.1. The van der Waals surface area contributed by atoms with E-state index in [4.69, 9.17) is 0 Å². The molecule has 1 N–H and O–H groups in total. The Morgan fingerprint density at radius 3 is 2.39 bits per heavy atom. The molecule has 0 aliphatic carbocycles. The van der Waals surface area contributed by atoms with E-state index in [2.05, 4.69) is 0 Å². The minimum atomic E-state index is -0.411. The van der Waals surface area contributed by atoms with Crippen LogP contribution in [-0.2, 0) is 0 Å². The number of rotatable bonds is 1. The normalized spacial score (nSPS) is 10.7. The van der Waals surface area contributed by atoms with E-state index in [1.165, 1.54) is 6.07 Å². The first-order valence-corrected chi connectivity index (χ1v) is 5.72. The monoisotopic (exact) mass is 238 g/mol. The molecule has 0 aromatic heterocycles. The highest BCUT2D eigenvalue weighted by molar-refractivity contribution is 5.96. The van der Waals surface area contributed by atoms with Crippen molar-refractivity contribution in [2.24, 2.45) is 0 Å². The van der Waals surface area contributed by atoms with Gasteiger partial charge in [0.25, 0.3) is 0 Å². The van der Waals surface area contributed by atoms with Gasteiger partial charge < -0.3 is 5.11 Å². The van der Waals surface area contributed by atoms with Crippen LogP contribution in [0.2, 0.25) is 0 Å². The average Bonchev–Trinajstić information content (AvgIpc) is 2.38. The predicted molar refractivity (Wildman–Crippen MR) is 71.0 cm³/mol. The van der Waals surface area contributed by atoms with Crippen LogP contribution in [0.1, 0.15) is 0 Å². The number of hydrogen-bond donors (Lipinski definition) is 1. The number of benzene rings is 3. The first-order chi connectivity index (χ1) is 8.75. The maximum absolute atomic E-state index is 13.9. The van der Waals surface area contributed by atoms with Gasteiger partial charge in [-0.3, -0.25) is 0 Å². The number of aromatic hydroxyl groups is 1. The Bertz CT molecular complexity index is 714. The van der Waals surface area contributed by atoms with Gasteiger partial charge >= 0.3 is 0 Å². The lowest BCUT2D eigenvalue weighted by molar-refractivity contribution is 0.469. The van der Waals surface area contributed by atoms with E-state index in [9.17, 15) is 9.50 Å². The minimum Gasteiger partial charge on any atom is -0.508 e. The quantitative estimate of drug-likeness (QED) is 0.668. The third-order valence-electron chi connectivity index (χ3n) is 3.03. The third kappa shape index (κ3) is 1.72. The zero-order valence-electron chi connectivity index (χ0n) is 9.60. The molecule has 0 aliphatic rings. The fourth-order valence-electron chi connectivity index (χ4n) is 2.18. The Hall–Kier alpha value is -2.35. The summed E-state index contributed by atoms with van der Waals surface area (Å²) in [5.41, 5.74) is 1.34. The zero-order chi connectivity index (χ0) is 12.5. The molecule has 0 amide bonds. The molecule has 3 aromatic rings. The van der Waals surface area contributed by atoms with Crippen molar-refractivity contribution in [2.75, 3.05) is 0 Å². The molecule has 3 rings (SSSR count). The van der Waals surface area contributed by atoms with Crippen LogP contribution in [0.3, 0.4) is 0 Å². The fraction of sp³-hybridized carbons (Fsp3) is 0. The highest BCUT2D eigenvalue weighted by Crippen LogP contribution is 2.31. The number of phenolic OH excluding ortho intramolecular Hbond substituents is 1. The molecule has 3 aromatic carbocycles. The number of phenols is 1. The van der Waals surface area contributed by atoms with E-state index in [0.29, 0.717) is 5.56 Å². The molecule has 0 unspecified atom stereocenters. The lowest BCUT2D eigenvalue weighted by Crippen LogP contribution is -1.85. The summed E-state index contributed by atoms with van der Waals surface area (Å²) >= 11 is 0. The molecule has 18 heavy (non-hydrogen) atoms. The average molecular weight is 238 g/mol.